The molecule has 27 heavy (non-hydrogen) atoms. The number of amides is 1. The lowest BCUT2D eigenvalue weighted by molar-refractivity contribution is 0.0235. The van der Waals surface area contributed by atoms with Gasteiger partial charge in [-0.3, -0.25) is 14.2 Å². The summed E-state index contributed by atoms with van der Waals surface area (Å²) in [5.74, 6) is 0.105. The Kier molecular flexibility index (Phi) is 4.77. The van der Waals surface area contributed by atoms with E-state index in [1.807, 2.05) is 54.5 Å². The third-order valence-electron chi connectivity index (χ3n) is 5.08. The summed E-state index contributed by atoms with van der Waals surface area (Å²) in [5.41, 5.74) is 2.60. The number of aliphatic hydroxyl groups excluding tert-OH is 1. The van der Waals surface area contributed by atoms with Crippen LogP contribution in [0.15, 0.2) is 55.1 Å². The van der Waals surface area contributed by atoms with Crippen LogP contribution in [0.5, 0.6) is 0 Å². The molecular formula is C20H23N5O2. The van der Waals surface area contributed by atoms with Crippen LogP contribution in [0.1, 0.15) is 40.4 Å². The van der Waals surface area contributed by atoms with Gasteiger partial charge < -0.3 is 10.4 Å². The second-order valence-electron chi connectivity index (χ2n) is 7.19. The first-order valence-electron chi connectivity index (χ1n) is 9.12. The molecule has 0 bridgehead atoms. The van der Waals surface area contributed by atoms with Crippen molar-refractivity contribution in [2.45, 2.75) is 31.5 Å². The Labute approximate surface area is 157 Å². The van der Waals surface area contributed by atoms with Gasteiger partial charge in [0, 0.05) is 36.8 Å². The van der Waals surface area contributed by atoms with E-state index in [0.29, 0.717) is 24.9 Å². The first-order chi connectivity index (χ1) is 13.1. The molecule has 140 valence electrons. The second kappa shape index (κ2) is 7.36. The zero-order chi connectivity index (χ0) is 18.8. The van der Waals surface area contributed by atoms with Crippen molar-refractivity contribution in [1.29, 1.82) is 0 Å². The molecule has 1 aliphatic rings. The summed E-state index contributed by atoms with van der Waals surface area (Å²) in [5, 5.41) is 21.3. The molecule has 3 aromatic rings. The number of carbonyl (C=O) groups excluding carboxylic acids is 1. The average molecular weight is 365 g/mol. The smallest absolute Gasteiger partial charge is 0.251 e. The monoisotopic (exact) mass is 365 g/mol. The van der Waals surface area contributed by atoms with Gasteiger partial charge >= 0.3 is 0 Å². The van der Waals surface area contributed by atoms with E-state index < -0.39 is 0 Å². The van der Waals surface area contributed by atoms with Gasteiger partial charge in [-0.25, -0.2) is 0 Å². The first-order valence-corrected chi connectivity index (χ1v) is 9.12. The molecule has 4 rings (SSSR count). The highest BCUT2D eigenvalue weighted by Gasteiger charge is 2.36. The van der Waals surface area contributed by atoms with E-state index in [1.165, 1.54) is 0 Å². The summed E-state index contributed by atoms with van der Waals surface area (Å²) in [7, 11) is 1.86. The van der Waals surface area contributed by atoms with Gasteiger partial charge in [0.2, 0.25) is 0 Å². The van der Waals surface area contributed by atoms with E-state index in [1.54, 1.807) is 17.1 Å². The number of aryl methyl sites for hydroxylation is 1. The van der Waals surface area contributed by atoms with Crippen molar-refractivity contribution in [1.82, 2.24) is 24.9 Å². The fourth-order valence-corrected chi connectivity index (χ4v) is 3.59. The summed E-state index contributed by atoms with van der Waals surface area (Å²) in [6, 6.07) is 9.32. The van der Waals surface area contributed by atoms with Crippen molar-refractivity contribution < 1.29 is 9.90 Å². The van der Waals surface area contributed by atoms with Gasteiger partial charge in [-0.2, -0.15) is 10.2 Å². The second-order valence-corrected chi connectivity index (χ2v) is 7.19. The minimum absolute atomic E-state index is 0.118. The van der Waals surface area contributed by atoms with Crippen molar-refractivity contribution in [2.75, 3.05) is 0 Å². The van der Waals surface area contributed by atoms with E-state index in [-0.39, 0.29) is 24.0 Å². The summed E-state index contributed by atoms with van der Waals surface area (Å²) in [6.07, 6.45) is 8.45. The fourth-order valence-electron chi connectivity index (χ4n) is 3.59. The fraction of sp³-hybridized carbons (Fsp3) is 0.350. The van der Waals surface area contributed by atoms with E-state index in [4.69, 9.17) is 0 Å². The number of carbonyl (C=O) groups is 1. The summed E-state index contributed by atoms with van der Waals surface area (Å²) < 4.78 is 3.56. The maximum atomic E-state index is 12.9. The minimum Gasteiger partial charge on any atom is -0.393 e. The molecule has 7 nitrogen and oxygen atoms in total. The predicted molar refractivity (Wildman–Crippen MR) is 99.9 cm³/mol. The molecule has 1 amide bonds. The number of nitrogens with one attached hydrogen (secondary N) is 1. The molecule has 1 unspecified atom stereocenters. The van der Waals surface area contributed by atoms with Crippen LogP contribution >= 0.6 is 0 Å². The number of hydrogen-bond acceptors (Lipinski definition) is 4. The van der Waals surface area contributed by atoms with Gasteiger partial charge in [-0.1, -0.05) is 12.1 Å². The maximum absolute atomic E-state index is 12.9. The van der Waals surface area contributed by atoms with Gasteiger partial charge in [-0.05, 0) is 42.5 Å². The molecule has 1 fully saturated rings. The average Bonchev–Trinajstić information content (AvgIpc) is 3.29. The highest BCUT2D eigenvalue weighted by Crippen LogP contribution is 2.38. The van der Waals surface area contributed by atoms with Gasteiger partial charge in [0.15, 0.2) is 0 Å². The van der Waals surface area contributed by atoms with Crippen molar-refractivity contribution in [2.24, 2.45) is 13.0 Å². The molecule has 2 heterocycles. The van der Waals surface area contributed by atoms with Crippen molar-refractivity contribution in [3.05, 3.63) is 71.8 Å². The normalized spacial score (nSPS) is 20.1. The molecule has 1 saturated carbocycles. The molecular weight excluding hydrogens is 342 g/mol. The van der Waals surface area contributed by atoms with Crippen LogP contribution in [-0.4, -0.2) is 36.7 Å². The molecule has 7 heteroatoms. The summed E-state index contributed by atoms with van der Waals surface area (Å²) >= 11 is 0. The van der Waals surface area contributed by atoms with E-state index in [0.717, 1.165) is 11.1 Å². The molecule has 1 aliphatic carbocycles. The third-order valence-corrected chi connectivity index (χ3v) is 5.08. The topological polar surface area (TPSA) is 85.0 Å². The molecule has 0 aliphatic heterocycles. The highest BCUT2D eigenvalue weighted by molar-refractivity contribution is 5.94. The molecule has 0 spiro atoms. The van der Waals surface area contributed by atoms with Gasteiger partial charge in [0.1, 0.15) is 0 Å². The zero-order valence-corrected chi connectivity index (χ0v) is 15.2. The molecule has 2 aromatic heterocycles. The van der Waals surface area contributed by atoms with Gasteiger partial charge in [0.25, 0.3) is 5.91 Å². The molecule has 2 N–H and O–H groups in total. The lowest BCUT2D eigenvalue weighted by atomic mass is 9.75. The number of aromatic nitrogens is 4. The Balaban J connectivity index is 1.50. The van der Waals surface area contributed by atoms with E-state index in [2.05, 4.69) is 15.5 Å². The first kappa shape index (κ1) is 17.5. The lowest BCUT2D eigenvalue weighted by Crippen LogP contribution is -2.41. The number of nitrogens with zero attached hydrogens (tertiary/aromatic N) is 4. The zero-order valence-electron chi connectivity index (χ0n) is 15.2. The Morgan fingerprint density at radius 2 is 2.19 bits per heavy atom. The molecule has 0 saturated heterocycles. The quantitative estimate of drug-likeness (QED) is 0.699. The number of aliphatic hydroxyl groups is 1. The predicted octanol–water partition coefficient (Wildman–Crippen LogP) is 1.91. The Morgan fingerprint density at radius 3 is 2.85 bits per heavy atom. The third kappa shape index (κ3) is 3.93. The van der Waals surface area contributed by atoms with E-state index >= 15 is 0 Å². The van der Waals surface area contributed by atoms with Crippen molar-refractivity contribution in [3.8, 4) is 0 Å². The van der Waals surface area contributed by atoms with Crippen LogP contribution < -0.4 is 5.32 Å². The van der Waals surface area contributed by atoms with Crippen LogP contribution in [0.3, 0.4) is 0 Å². The van der Waals surface area contributed by atoms with E-state index in [9.17, 15) is 9.90 Å². The molecule has 0 radical (unpaired) electrons. The van der Waals surface area contributed by atoms with Crippen LogP contribution in [-0.2, 0) is 13.6 Å². The molecule has 1 aromatic carbocycles. The summed E-state index contributed by atoms with van der Waals surface area (Å²) in [4.78, 5) is 12.9. The van der Waals surface area contributed by atoms with Crippen LogP contribution in [0.2, 0.25) is 0 Å². The van der Waals surface area contributed by atoms with Crippen LogP contribution in [0, 0.1) is 5.92 Å². The van der Waals surface area contributed by atoms with Crippen molar-refractivity contribution in [3.63, 3.8) is 0 Å². The standard InChI is InChI=1S/C20H23N5O2/c1-24-13-17(11-22-24)19(16-9-18(26)10-16)23-20(27)15-5-2-4-14(8-15)12-25-7-3-6-21-25/h2-8,11,13,16,18-19,26H,9-10,12H2,1H3,(H,23,27). The Morgan fingerprint density at radius 1 is 1.33 bits per heavy atom. The van der Waals surface area contributed by atoms with Gasteiger partial charge in [-0.15, -0.1) is 0 Å². The number of rotatable bonds is 6. The Hall–Kier alpha value is -2.93. The minimum atomic E-state index is -0.275. The highest BCUT2D eigenvalue weighted by atomic mass is 16.3. The van der Waals surface area contributed by atoms with Crippen LogP contribution in [0.25, 0.3) is 0 Å². The SMILES string of the molecule is Cn1cc(C(NC(=O)c2cccc(Cn3cccn3)c2)C2CC(O)C2)cn1. The van der Waals surface area contributed by atoms with Gasteiger partial charge in [0.05, 0.1) is 24.9 Å². The van der Waals surface area contributed by atoms with Crippen LogP contribution in [0.4, 0.5) is 0 Å². The Bertz CT molecular complexity index is 912. The maximum Gasteiger partial charge on any atom is 0.251 e. The molecule has 1 atom stereocenters. The lowest BCUT2D eigenvalue weighted by Gasteiger charge is -2.37. The van der Waals surface area contributed by atoms with Crippen molar-refractivity contribution >= 4 is 5.91 Å². The summed E-state index contributed by atoms with van der Waals surface area (Å²) in [6.45, 7) is 0.620. The number of benzene rings is 1. The number of hydrogen-bond donors (Lipinski definition) is 2. The largest absolute Gasteiger partial charge is 0.393 e.